The van der Waals surface area contributed by atoms with Crippen molar-refractivity contribution in [2.45, 2.75) is 13.0 Å². The highest BCUT2D eigenvalue weighted by molar-refractivity contribution is 6.30. The molecule has 0 aliphatic rings. The van der Waals surface area contributed by atoms with Crippen molar-refractivity contribution in [1.82, 2.24) is 4.90 Å². The molecule has 0 atom stereocenters. The van der Waals surface area contributed by atoms with Crippen molar-refractivity contribution in [3.05, 3.63) is 64.7 Å². The number of nitrogen functional groups attached to an aromatic ring is 1. The number of benzene rings is 2. The molecule has 2 aromatic carbocycles. The maximum absolute atomic E-state index is 5.94. The van der Waals surface area contributed by atoms with E-state index in [1.54, 1.807) is 0 Å². The molecule has 2 aromatic rings. The highest BCUT2D eigenvalue weighted by Gasteiger charge is 2.03. The molecule has 0 heterocycles. The predicted octanol–water partition coefficient (Wildman–Crippen LogP) is 3.60. The SMILES string of the molecule is CN(CCc1ccccc1N)Cc1ccc(Cl)cc1. The molecule has 0 aliphatic heterocycles. The van der Waals surface area contributed by atoms with Crippen LogP contribution in [0.3, 0.4) is 0 Å². The van der Waals surface area contributed by atoms with Crippen molar-refractivity contribution < 1.29 is 0 Å². The van der Waals surface area contributed by atoms with Crippen LogP contribution < -0.4 is 5.73 Å². The number of para-hydroxylation sites is 1. The van der Waals surface area contributed by atoms with E-state index in [1.165, 1.54) is 11.1 Å². The lowest BCUT2D eigenvalue weighted by atomic mass is 10.1. The van der Waals surface area contributed by atoms with Gasteiger partial charge in [-0.05, 0) is 42.8 Å². The second-order valence-corrected chi connectivity index (χ2v) is 5.25. The van der Waals surface area contributed by atoms with Crippen LogP contribution in [-0.4, -0.2) is 18.5 Å². The lowest BCUT2D eigenvalue weighted by molar-refractivity contribution is 0.331. The summed E-state index contributed by atoms with van der Waals surface area (Å²) in [6.07, 6.45) is 0.969. The Kier molecular flexibility index (Phi) is 4.83. The minimum Gasteiger partial charge on any atom is -0.399 e. The first kappa shape index (κ1) is 13.9. The summed E-state index contributed by atoms with van der Waals surface area (Å²) in [5.74, 6) is 0. The lowest BCUT2D eigenvalue weighted by Gasteiger charge is -2.17. The Morgan fingerprint density at radius 1 is 1.05 bits per heavy atom. The van der Waals surface area contributed by atoms with Gasteiger partial charge in [-0.25, -0.2) is 0 Å². The molecule has 0 aromatic heterocycles. The van der Waals surface area contributed by atoms with Crippen molar-refractivity contribution in [3.63, 3.8) is 0 Å². The van der Waals surface area contributed by atoms with Gasteiger partial charge in [0.05, 0.1) is 0 Å². The Morgan fingerprint density at radius 3 is 2.42 bits per heavy atom. The van der Waals surface area contributed by atoms with Crippen LogP contribution in [0, 0.1) is 0 Å². The van der Waals surface area contributed by atoms with E-state index in [1.807, 2.05) is 30.3 Å². The summed E-state index contributed by atoms with van der Waals surface area (Å²) in [7, 11) is 2.12. The van der Waals surface area contributed by atoms with Gasteiger partial charge in [0.1, 0.15) is 0 Å². The predicted molar refractivity (Wildman–Crippen MR) is 82.3 cm³/mol. The molecule has 0 bridgehead atoms. The monoisotopic (exact) mass is 274 g/mol. The highest BCUT2D eigenvalue weighted by Crippen LogP contribution is 2.13. The number of halogens is 1. The van der Waals surface area contributed by atoms with E-state index in [0.29, 0.717) is 0 Å². The number of anilines is 1. The highest BCUT2D eigenvalue weighted by atomic mass is 35.5. The van der Waals surface area contributed by atoms with E-state index in [4.69, 9.17) is 17.3 Å². The number of hydrogen-bond donors (Lipinski definition) is 1. The fourth-order valence-corrected chi connectivity index (χ4v) is 2.18. The Morgan fingerprint density at radius 2 is 1.74 bits per heavy atom. The summed E-state index contributed by atoms with van der Waals surface area (Å²) < 4.78 is 0. The van der Waals surface area contributed by atoms with E-state index in [0.717, 1.165) is 30.2 Å². The van der Waals surface area contributed by atoms with Gasteiger partial charge < -0.3 is 10.6 Å². The summed E-state index contributed by atoms with van der Waals surface area (Å²) in [4.78, 5) is 2.29. The van der Waals surface area contributed by atoms with Crippen LogP contribution in [0.15, 0.2) is 48.5 Å². The maximum atomic E-state index is 5.94. The van der Waals surface area contributed by atoms with Gasteiger partial charge >= 0.3 is 0 Å². The Hall–Kier alpha value is -1.51. The van der Waals surface area contributed by atoms with Crippen LogP contribution in [0.5, 0.6) is 0 Å². The van der Waals surface area contributed by atoms with Gasteiger partial charge in [-0.15, -0.1) is 0 Å². The first-order valence-electron chi connectivity index (χ1n) is 6.41. The van der Waals surface area contributed by atoms with Crippen molar-refractivity contribution in [2.24, 2.45) is 0 Å². The van der Waals surface area contributed by atoms with Gasteiger partial charge in [-0.2, -0.15) is 0 Å². The Bertz CT molecular complexity index is 523. The van der Waals surface area contributed by atoms with Crippen LogP contribution in [0.25, 0.3) is 0 Å². The zero-order valence-electron chi connectivity index (χ0n) is 11.1. The lowest BCUT2D eigenvalue weighted by Crippen LogP contribution is -2.21. The molecule has 0 radical (unpaired) electrons. The number of nitrogens with two attached hydrogens (primary N) is 1. The quantitative estimate of drug-likeness (QED) is 0.844. The van der Waals surface area contributed by atoms with E-state index < -0.39 is 0 Å². The van der Waals surface area contributed by atoms with Crippen LogP contribution in [0.1, 0.15) is 11.1 Å². The molecule has 2 nitrogen and oxygen atoms in total. The van der Waals surface area contributed by atoms with Crippen LogP contribution in [0.2, 0.25) is 5.02 Å². The maximum Gasteiger partial charge on any atom is 0.0406 e. The second-order valence-electron chi connectivity index (χ2n) is 4.81. The molecule has 19 heavy (non-hydrogen) atoms. The minimum absolute atomic E-state index is 0.781. The molecule has 2 rings (SSSR count). The first-order chi connectivity index (χ1) is 9.15. The van der Waals surface area contributed by atoms with Gasteiger partial charge in [-0.3, -0.25) is 0 Å². The number of likely N-dealkylation sites (N-methyl/N-ethyl adjacent to an activating group) is 1. The number of rotatable bonds is 5. The fraction of sp³-hybridized carbons (Fsp3) is 0.250. The van der Waals surface area contributed by atoms with Crippen LogP contribution >= 0.6 is 11.6 Å². The average Bonchev–Trinajstić information content (AvgIpc) is 2.40. The largest absolute Gasteiger partial charge is 0.399 e. The first-order valence-corrected chi connectivity index (χ1v) is 6.79. The summed E-state index contributed by atoms with van der Waals surface area (Å²) in [6, 6.07) is 16.0. The topological polar surface area (TPSA) is 29.3 Å². The van der Waals surface area contributed by atoms with Gasteiger partial charge in [0.25, 0.3) is 0 Å². The van der Waals surface area contributed by atoms with Gasteiger partial charge in [0.2, 0.25) is 0 Å². The van der Waals surface area contributed by atoms with Crippen molar-refractivity contribution >= 4 is 17.3 Å². The van der Waals surface area contributed by atoms with E-state index in [-0.39, 0.29) is 0 Å². The molecule has 0 spiro atoms. The molecule has 0 fully saturated rings. The molecule has 100 valence electrons. The second kappa shape index (κ2) is 6.60. The molecule has 0 unspecified atom stereocenters. The van der Waals surface area contributed by atoms with Crippen LogP contribution in [0.4, 0.5) is 5.69 Å². The molecule has 0 saturated heterocycles. The molecular weight excluding hydrogens is 256 g/mol. The third kappa shape index (κ3) is 4.27. The third-order valence-electron chi connectivity index (χ3n) is 3.18. The molecule has 2 N–H and O–H groups in total. The fourth-order valence-electron chi connectivity index (χ4n) is 2.05. The zero-order valence-corrected chi connectivity index (χ0v) is 11.9. The van der Waals surface area contributed by atoms with E-state index in [9.17, 15) is 0 Å². The van der Waals surface area contributed by atoms with Crippen molar-refractivity contribution in [1.29, 1.82) is 0 Å². The van der Waals surface area contributed by atoms with Gasteiger partial charge in [0, 0.05) is 23.8 Å². The third-order valence-corrected chi connectivity index (χ3v) is 3.44. The van der Waals surface area contributed by atoms with Crippen molar-refractivity contribution in [2.75, 3.05) is 19.3 Å². The molecular formula is C16H19ClN2. The Labute approximate surface area is 119 Å². The van der Waals surface area contributed by atoms with Crippen LogP contribution in [-0.2, 0) is 13.0 Å². The summed E-state index contributed by atoms with van der Waals surface area (Å²) in [5.41, 5.74) is 9.30. The summed E-state index contributed by atoms with van der Waals surface area (Å²) in [6.45, 7) is 1.90. The number of hydrogen-bond acceptors (Lipinski definition) is 2. The normalized spacial score (nSPS) is 10.9. The van der Waals surface area contributed by atoms with E-state index >= 15 is 0 Å². The van der Waals surface area contributed by atoms with Crippen molar-refractivity contribution in [3.8, 4) is 0 Å². The van der Waals surface area contributed by atoms with E-state index in [2.05, 4.69) is 30.1 Å². The Balaban J connectivity index is 1.86. The summed E-state index contributed by atoms with van der Waals surface area (Å²) in [5, 5.41) is 0.781. The zero-order chi connectivity index (χ0) is 13.7. The molecule has 0 saturated carbocycles. The smallest absolute Gasteiger partial charge is 0.0406 e. The number of nitrogens with zero attached hydrogens (tertiary/aromatic N) is 1. The molecule has 0 amide bonds. The van der Waals surface area contributed by atoms with Gasteiger partial charge in [0.15, 0.2) is 0 Å². The molecule has 3 heteroatoms. The average molecular weight is 275 g/mol. The van der Waals surface area contributed by atoms with Gasteiger partial charge in [-0.1, -0.05) is 41.9 Å². The standard InChI is InChI=1S/C16H19ClN2/c1-19(12-13-6-8-15(17)9-7-13)11-10-14-4-2-3-5-16(14)18/h2-9H,10-12,18H2,1H3. The summed E-state index contributed by atoms with van der Waals surface area (Å²) >= 11 is 5.88. The minimum atomic E-state index is 0.781. The molecule has 0 aliphatic carbocycles.